The number of H-pyrrole nitrogens is 1. The van der Waals surface area contributed by atoms with Gasteiger partial charge in [0.2, 0.25) is 0 Å². The van der Waals surface area contributed by atoms with Crippen LogP contribution in [0.1, 0.15) is 11.3 Å². The van der Waals surface area contributed by atoms with Crippen LogP contribution in [0.15, 0.2) is 30.3 Å². The number of nitrogens with one attached hydrogen (secondary N) is 3. The van der Waals surface area contributed by atoms with E-state index in [1.807, 2.05) is 44.2 Å². The molecule has 0 atom stereocenters. The maximum atomic E-state index is 5.18. The summed E-state index contributed by atoms with van der Waals surface area (Å²) in [5.74, 6) is 0.715. The molecule has 0 aliphatic carbocycles. The Labute approximate surface area is 105 Å². The minimum Gasteiger partial charge on any atom is -0.332 e. The summed E-state index contributed by atoms with van der Waals surface area (Å²) in [6.45, 7) is 3.99. The molecule has 1 heterocycles. The lowest BCUT2D eigenvalue weighted by Gasteiger charge is -2.08. The minimum absolute atomic E-state index is 0.528. The van der Waals surface area contributed by atoms with Crippen LogP contribution in [-0.4, -0.2) is 15.3 Å². The Morgan fingerprint density at radius 3 is 2.47 bits per heavy atom. The molecule has 0 unspecified atom stereocenters. The molecule has 5 heteroatoms. The lowest BCUT2D eigenvalue weighted by Crippen LogP contribution is -2.19. The topological polar surface area (TPSA) is 52.7 Å². The third-order valence-corrected chi connectivity index (χ3v) is 2.46. The van der Waals surface area contributed by atoms with Crippen molar-refractivity contribution in [2.75, 3.05) is 10.6 Å². The molecule has 17 heavy (non-hydrogen) atoms. The summed E-state index contributed by atoms with van der Waals surface area (Å²) >= 11 is 5.18. The van der Waals surface area contributed by atoms with Gasteiger partial charge in [0.25, 0.3) is 0 Å². The molecule has 0 saturated heterocycles. The molecule has 88 valence electrons. The Bertz CT molecular complexity index is 516. The first-order chi connectivity index (χ1) is 8.13. The van der Waals surface area contributed by atoms with E-state index >= 15 is 0 Å². The largest absolute Gasteiger partial charge is 0.332 e. The summed E-state index contributed by atoms with van der Waals surface area (Å²) in [7, 11) is 0. The molecule has 1 aromatic heterocycles. The van der Waals surface area contributed by atoms with Gasteiger partial charge in [-0.25, -0.2) is 0 Å². The fourth-order valence-corrected chi connectivity index (χ4v) is 1.62. The molecule has 2 rings (SSSR count). The maximum Gasteiger partial charge on any atom is 0.176 e. The summed E-state index contributed by atoms with van der Waals surface area (Å²) in [5.41, 5.74) is 3.17. The van der Waals surface area contributed by atoms with E-state index in [-0.39, 0.29) is 0 Å². The molecule has 0 aliphatic rings. The number of aromatic nitrogens is 2. The van der Waals surface area contributed by atoms with Crippen molar-refractivity contribution in [1.82, 2.24) is 10.2 Å². The van der Waals surface area contributed by atoms with Crippen molar-refractivity contribution < 1.29 is 0 Å². The molecule has 0 spiro atoms. The average molecular weight is 246 g/mol. The van der Waals surface area contributed by atoms with Crippen LogP contribution in [0.3, 0.4) is 0 Å². The molecule has 0 bridgehead atoms. The molecule has 0 fully saturated rings. The Hall–Kier alpha value is -1.88. The first-order valence-corrected chi connectivity index (χ1v) is 5.71. The van der Waals surface area contributed by atoms with Gasteiger partial charge in [0.1, 0.15) is 0 Å². The highest BCUT2D eigenvalue weighted by atomic mass is 32.1. The third-order valence-electron chi connectivity index (χ3n) is 2.26. The second-order valence-corrected chi connectivity index (χ2v) is 4.29. The predicted molar refractivity (Wildman–Crippen MR) is 74.3 cm³/mol. The SMILES string of the molecule is Cc1ccc(NC(=S)Nc2cc(C)[nH]n2)cc1. The molecular weight excluding hydrogens is 232 g/mol. The first-order valence-electron chi connectivity index (χ1n) is 5.30. The highest BCUT2D eigenvalue weighted by Crippen LogP contribution is 2.10. The summed E-state index contributed by atoms with van der Waals surface area (Å²) in [4.78, 5) is 0. The second-order valence-electron chi connectivity index (χ2n) is 3.88. The van der Waals surface area contributed by atoms with Gasteiger partial charge in [0.15, 0.2) is 10.9 Å². The van der Waals surface area contributed by atoms with Gasteiger partial charge in [-0.2, -0.15) is 5.10 Å². The number of hydrogen-bond acceptors (Lipinski definition) is 2. The Kier molecular flexibility index (Phi) is 3.39. The van der Waals surface area contributed by atoms with Gasteiger partial charge in [-0.15, -0.1) is 0 Å². The quantitative estimate of drug-likeness (QED) is 0.713. The number of thiocarbonyl (C=S) groups is 1. The Balaban J connectivity index is 1.95. The highest BCUT2D eigenvalue weighted by Gasteiger charge is 2.01. The predicted octanol–water partition coefficient (Wildman–Crippen LogP) is 2.84. The van der Waals surface area contributed by atoms with Gasteiger partial charge in [0.05, 0.1) is 0 Å². The fourth-order valence-electron chi connectivity index (χ4n) is 1.40. The second kappa shape index (κ2) is 4.97. The molecule has 0 radical (unpaired) electrons. The number of aryl methyl sites for hydroxylation is 2. The molecule has 3 N–H and O–H groups in total. The van der Waals surface area contributed by atoms with Gasteiger partial charge < -0.3 is 10.6 Å². The van der Waals surface area contributed by atoms with Crippen molar-refractivity contribution >= 4 is 28.8 Å². The van der Waals surface area contributed by atoms with Gasteiger partial charge in [0, 0.05) is 17.4 Å². The minimum atomic E-state index is 0.528. The lowest BCUT2D eigenvalue weighted by atomic mass is 10.2. The molecule has 2 aromatic rings. The normalized spacial score (nSPS) is 10.0. The van der Waals surface area contributed by atoms with Crippen molar-refractivity contribution in [2.45, 2.75) is 13.8 Å². The first kappa shape index (κ1) is 11.6. The highest BCUT2D eigenvalue weighted by molar-refractivity contribution is 7.80. The summed E-state index contributed by atoms with van der Waals surface area (Å²) in [5, 5.41) is 13.5. The molecule has 4 nitrogen and oxygen atoms in total. The number of nitrogens with zero attached hydrogens (tertiary/aromatic N) is 1. The third kappa shape index (κ3) is 3.29. The van der Waals surface area contributed by atoms with E-state index in [0.29, 0.717) is 10.9 Å². The lowest BCUT2D eigenvalue weighted by molar-refractivity contribution is 1.05. The molecule has 0 aliphatic heterocycles. The van der Waals surface area contributed by atoms with Crippen molar-refractivity contribution in [2.24, 2.45) is 0 Å². The zero-order chi connectivity index (χ0) is 12.3. The van der Waals surface area contributed by atoms with Crippen LogP contribution in [0.5, 0.6) is 0 Å². The van der Waals surface area contributed by atoms with E-state index in [0.717, 1.165) is 11.4 Å². The zero-order valence-electron chi connectivity index (χ0n) is 9.74. The van der Waals surface area contributed by atoms with Crippen LogP contribution in [0.4, 0.5) is 11.5 Å². The summed E-state index contributed by atoms with van der Waals surface area (Å²) < 4.78 is 0. The van der Waals surface area contributed by atoms with Crippen LogP contribution in [0.2, 0.25) is 0 Å². The standard InChI is InChI=1S/C12H14N4S/c1-8-3-5-10(6-4-8)13-12(17)14-11-7-9(2)15-16-11/h3-7H,1-2H3,(H3,13,14,15,16,17). The van der Waals surface area contributed by atoms with E-state index < -0.39 is 0 Å². The van der Waals surface area contributed by atoms with E-state index in [4.69, 9.17) is 12.2 Å². The van der Waals surface area contributed by atoms with Gasteiger partial charge in [-0.1, -0.05) is 17.7 Å². The number of rotatable bonds is 2. The van der Waals surface area contributed by atoms with Crippen LogP contribution in [0.25, 0.3) is 0 Å². The molecule has 1 aromatic carbocycles. The monoisotopic (exact) mass is 246 g/mol. The van der Waals surface area contributed by atoms with E-state index in [9.17, 15) is 0 Å². The number of anilines is 2. The Morgan fingerprint density at radius 2 is 1.88 bits per heavy atom. The summed E-state index contributed by atoms with van der Waals surface area (Å²) in [6.07, 6.45) is 0. The van der Waals surface area contributed by atoms with Crippen LogP contribution >= 0.6 is 12.2 Å². The van der Waals surface area contributed by atoms with E-state index in [1.54, 1.807) is 0 Å². The molecule has 0 saturated carbocycles. The van der Waals surface area contributed by atoms with Gasteiger partial charge >= 0.3 is 0 Å². The average Bonchev–Trinajstić information content (AvgIpc) is 2.67. The number of hydrogen-bond donors (Lipinski definition) is 3. The van der Waals surface area contributed by atoms with Crippen LogP contribution in [-0.2, 0) is 0 Å². The Morgan fingerprint density at radius 1 is 1.18 bits per heavy atom. The number of benzene rings is 1. The maximum absolute atomic E-state index is 5.18. The van der Waals surface area contributed by atoms with Crippen molar-refractivity contribution in [3.8, 4) is 0 Å². The molecular formula is C12H14N4S. The van der Waals surface area contributed by atoms with Gasteiger partial charge in [-0.05, 0) is 38.2 Å². The summed E-state index contributed by atoms with van der Waals surface area (Å²) in [6, 6.07) is 9.93. The van der Waals surface area contributed by atoms with E-state index in [1.165, 1.54) is 5.56 Å². The number of aromatic amines is 1. The zero-order valence-corrected chi connectivity index (χ0v) is 10.6. The van der Waals surface area contributed by atoms with Crippen LogP contribution in [0, 0.1) is 13.8 Å². The van der Waals surface area contributed by atoms with Crippen molar-refractivity contribution in [3.63, 3.8) is 0 Å². The van der Waals surface area contributed by atoms with Crippen molar-refractivity contribution in [1.29, 1.82) is 0 Å². The molecule has 0 amide bonds. The van der Waals surface area contributed by atoms with Crippen LogP contribution < -0.4 is 10.6 Å². The van der Waals surface area contributed by atoms with Crippen molar-refractivity contribution in [3.05, 3.63) is 41.6 Å². The van der Waals surface area contributed by atoms with Gasteiger partial charge in [-0.3, -0.25) is 5.10 Å². The fraction of sp³-hybridized carbons (Fsp3) is 0.167. The van der Waals surface area contributed by atoms with E-state index in [2.05, 4.69) is 20.8 Å². The smallest absolute Gasteiger partial charge is 0.176 e.